The van der Waals surface area contributed by atoms with Gasteiger partial charge in [0.25, 0.3) is 0 Å². The summed E-state index contributed by atoms with van der Waals surface area (Å²) in [4.78, 5) is 28.4. The Morgan fingerprint density at radius 2 is 1.57 bits per heavy atom. The molecule has 2 heterocycles. The zero-order valence-corrected chi connectivity index (χ0v) is 21.0. The fourth-order valence-corrected chi connectivity index (χ4v) is 5.24. The number of benzene rings is 2. The molecule has 2 aliphatic rings. The van der Waals surface area contributed by atoms with Crippen molar-refractivity contribution in [1.82, 2.24) is 9.80 Å². The Bertz CT molecular complexity index is 1000. The summed E-state index contributed by atoms with van der Waals surface area (Å²) in [6.45, 7) is 9.81. The van der Waals surface area contributed by atoms with Gasteiger partial charge in [0.2, 0.25) is 5.91 Å². The number of carboxylic acid groups (broad SMARTS) is 1. The summed E-state index contributed by atoms with van der Waals surface area (Å²) in [5.74, 6) is 0.705. The van der Waals surface area contributed by atoms with Crippen molar-refractivity contribution in [1.29, 1.82) is 0 Å². The number of carboxylic acids is 1. The van der Waals surface area contributed by atoms with Crippen molar-refractivity contribution < 1.29 is 19.4 Å². The molecule has 0 bridgehead atoms. The molecule has 0 aliphatic carbocycles. The van der Waals surface area contributed by atoms with E-state index in [1.807, 2.05) is 11.0 Å². The van der Waals surface area contributed by atoms with Crippen molar-refractivity contribution in [2.75, 3.05) is 32.8 Å². The number of hydrogen-bond acceptors (Lipinski definition) is 4. The van der Waals surface area contributed by atoms with Crippen LogP contribution in [0.15, 0.2) is 48.5 Å². The number of nitrogens with zero attached hydrogens (tertiary/aromatic N) is 2. The third-order valence-electron chi connectivity index (χ3n) is 7.59. The van der Waals surface area contributed by atoms with Crippen LogP contribution < -0.4 is 4.74 Å². The lowest BCUT2D eigenvalue weighted by molar-refractivity contribution is -0.133. The number of carbonyl (C=O) groups excluding carboxylic acids is 1. The Morgan fingerprint density at radius 1 is 0.943 bits per heavy atom. The first kappa shape index (κ1) is 25.2. The molecule has 6 heteroatoms. The smallest absolute Gasteiger partial charge is 0.335 e. The number of amides is 1. The molecule has 2 saturated heterocycles. The van der Waals surface area contributed by atoms with Crippen molar-refractivity contribution in [2.24, 2.45) is 11.3 Å². The van der Waals surface area contributed by atoms with Crippen LogP contribution in [0.5, 0.6) is 5.75 Å². The van der Waals surface area contributed by atoms with Crippen LogP contribution in [0.1, 0.15) is 61.0 Å². The van der Waals surface area contributed by atoms with Crippen LogP contribution in [0.4, 0.5) is 0 Å². The topological polar surface area (TPSA) is 70.1 Å². The summed E-state index contributed by atoms with van der Waals surface area (Å²) in [5, 5.41) is 9.04. The van der Waals surface area contributed by atoms with Crippen LogP contribution in [0, 0.1) is 11.3 Å². The van der Waals surface area contributed by atoms with Gasteiger partial charge < -0.3 is 14.7 Å². The van der Waals surface area contributed by atoms with Crippen LogP contribution in [0.25, 0.3) is 0 Å². The lowest BCUT2D eigenvalue weighted by atomic mass is 9.71. The highest BCUT2D eigenvalue weighted by molar-refractivity contribution is 5.87. The second-order valence-corrected chi connectivity index (χ2v) is 10.6. The number of ether oxygens (including phenoxy) is 1. The summed E-state index contributed by atoms with van der Waals surface area (Å²) >= 11 is 0. The molecular formula is C29H38N2O4. The summed E-state index contributed by atoms with van der Waals surface area (Å²) < 4.78 is 6.05. The highest BCUT2D eigenvalue weighted by Gasteiger charge is 2.38. The molecule has 0 saturated carbocycles. The predicted octanol–water partition coefficient (Wildman–Crippen LogP) is 4.87. The summed E-state index contributed by atoms with van der Waals surface area (Å²) in [5.41, 5.74) is 2.73. The normalized spacial score (nSPS) is 18.1. The maximum absolute atomic E-state index is 12.8. The minimum Gasteiger partial charge on any atom is -0.493 e. The van der Waals surface area contributed by atoms with Gasteiger partial charge in [-0.1, -0.05) is 44.2 Å². The van der Waals surface area contributed by atoms with Crippen LogP contribution in [-0.2, 0) is 17.8 Å². The SMILES string of the molecule is CC(C)COc1ccccc1CN1CCC2(CC1)CCN(C(=O)Cc1ccc(C(=O)O)cc1)CC2. The number of para-hydroxylation sites is 1. The molecule has 188 valence electrons. The number of hydrogen-bond donors (Lipinski definition) is 1. The van der Waals surface area contributed by atoms with Gasteiger partial charge in [-0.3, -0.25) is 9.69 Å². The lowest BCUT2D eigenvalue weighted by Crippen LogP contribution is -2.48. The van der Waals surface area contributed by atoms with E-state index in [-0.39, 0.29) is 11.5 Å². The average Bonchev–Trinajstić information content (AvgIpc) is 2.86. The lowest BCUT2D eigenvalue weighted by Gasteiger charge is -2.47. The van der Waals surface area contributed by atoms with E-state index in [4.69, 9.17) is 9.84 Å². The average molecular weight is 479 g/mol. The number of carbonyl (C=O) groups is 2. The molecule has 6 nitrogen and oxygen atoms in total. The summed E-state index contributed by atoms with van der Waals surface area (Å²) in [6.07, 6.45) is 4.83. The standard InChI is InChI=1S/C29H38N2O4/c1-22(2)21-35-26-6-4-3-5-25(26)20-30-15-11-29(12-16-30)13-17-31(18-14-29)27(32)19-23-7-9-24(10-8-23)28(33)34/h3-10,22H,11-21H2,1-2H3,(H,33,34). The van der Waals surface area contributed by atoms with Gasteiger partial charge in [-0.15, -0.1) is 0 Å². The minimum atomic E-state index is -0.945. The highest BCUT2D eigenvalue weighted by atomic mass is 16.5. The van der Waals surface area contributed by atoms with Gasteiger partial charge >= 0.3 is 5.97 Å². The van der Waals surface area contributed by atoms with Gasteiger partial charge in [0, 0.05) is 25.2 Å². The largest absolute Gasteiger partial charge is 0.493 e. The Morgan fingerprint density at radius 3 is 2.20 bits per heavy atom. The fraction of sp³-hybridized carbons (Fsp3) is 0.517. The summed E-state index contributed by atoms with van der Waals surface area (Å²) in [6, 6.07) is 15.0. The molecule has 4 rings (SSSR count). The van der Waals surface area contributed by atoms with Crippen molar-refractivity contribution in [3.05, 3.63) is 65.2 Å². The molecule has 0 radical (unpaired) electrons. The van der Waals surface area contributed by atoms with Crippen molar-refractivity contribution in [2.45, 2.75) is 52.5 Å². The number of likely N-dealkylation sites (tertiary alicyclic amines) is 2. The molecule has 2 aliphatic heterocycles. The second kappa shape index (κ2) is 11.3. The number of rotatable bonds is 8. The van der Waals surface area contributed by atoms with Gasteiger partial charge in [-0.25, -0.2) is 4.79 Å². The first-order valence-electron chi connectivity index (χ1n) is 12.9. The monoisotopic (exact) mass is 478 g/mol. The van der Waals surface area contributed by atoms with E-state index in [0.717, 1.165) is 63.5 Å². The van der Waals surface area contributed by atoms with Gasteiger partial charge in [0.1, 0.15) is 5.75 Å². The first-order chi connectivity index (χ1) is 16.8. The third kappa shape index (κ3) is 6.63. The predicted molar refractivity (Wildman–Crippen MR) is 137 cm³/mol. The van der Waals surface area contributed by atoms with Crippen LogP contribution in [0.3, 0.4) is 0 Å². The molecule has 2 aromatic carbocycles. The maximum atomic E-state index is 12.8. The van der Waals surface area contributed by atoms with E-state index in [0.29, 0.717) is 17.8 Å². The number of aromatic carboxylic acids is 1. The molecule has 2 aromatic rings. The Kier molecular flexibility index (Phi) is 8.11. The minimum absolute atomic E-state index is 0.137. The summed E-state index contributed by atoms with van der Waals surface area (Å²) in [7, 11) is 0. The molecule has 1 N–H and O–H groups in total. The molecule has 0 atom stereocenters. The molecule has 0 aromatic heterocycles. The van der Waals surface area contributed by atoms with Crippen LogP contribution in [-0.4, -0.2) is 59.6 Å². The molecule has 0 unspecified atom stereocenters. The van der Waals surface area contributed by atoms with E-state index in [9.17, 15) is 9.59 Å². The van der Waals surface area contributed by atoms with E-state index < -0.39 is 5.97 Å². The zero-order valence-electron chi connectivity index (χ0n) is 21.0. The fourth-order valence-electron chi connectivity index (χ4n) is 5.24. The van der Waals surface area contributed by atoms with Crippen molar-refractivity contribution >= 4 is 11.9 Å². The van der Waals surface area contributed by atoms with Crippen molar-refractivity contribution in [3.63, 3.8) is 0 Å². The van der Waals surface area contributed by atoms with E-state index in [1.165, 1.54) is 18.4 Å². The van der Waals surface area contributed by atoms with Gasteiger partial charge in [-0.2, -0.15) is 0 Å². The molecule has 1 amide bonds. The quantitative estimate of drug-likeness (QED) is 0.586. The van der Waals surface area contributed by atoms with Crippen molar-refractivity contribution in [3.8, 4) is 5.75 Å². The number of piperidine rings is 2. The van der Waals surface area contributed by atoms with Gasteiger partial charge in [-0.05, 0) is 73.9 Å². The molecule has 2 fully saturated rings. The molecule has 1 spiro atoms. The van der Waals surface area contributed by atoms with Crippen LogP contribution >= 0.6 is 0 Å². The zero-order chi connectivity index (χ0) is 24.8. The Balaban J connectivity index is 1.24. The molecule has 35 heavy (non-hydrogen) atoms. The van der Waals surface area contributed by atoms with E-state index in [2.05, 4.69) is 36.9 Å². The maximum Gasteiger partial charge on any atom is 0.335 e. The second-order valence-electron chi connectivity index (χ2n) is 10.6. The molecular weight excluding hydrogens is 440 g/mol. The van der Waals surface area contributed by atoms with Crippen LogP contribution in [0.2, 0.25) is 0 Å². The van der Waals surface area contributed by atoms with E-state index >= 15 is 0 Å². The van der Waals surface area contributed by atoms with Gasteiger partial charge in [0.05, 0.1) is 18.6 Å². The Labute approximate surface area is 208 Å². The van der Waals surface area contributed by atoms with E-state index in [1.54, 1.807) is 24.3 Å². The highest BCUT2D eigenvalue weighted by Crippen LogP contribution is 2.41. The first-order valence-corrected chi connectivity index (χ1v) is 12.9. The third-order valence-corrected chi connectivity index (χ3v) is 7.59. The van der Waals surface area contributed by atoms with Gasteiger partial charge in [0.15, 0.2) is 0 Å². The Hall–Kier alpha value is -2.86.